The number of rotatable bonds is 3. The van der Waals surface area contributed by atoms with E-state index in [1.54, 1.807) is 0 Å². The molecule has 2 heterocycles. The molecule has 80 valence electrons. The molecule has 2 aromatic rings. The molecule has 0 spiro atoms. The van der Waals surface area contributed by atoms with Gasteiger partial charge >= 0.3 is 0 Å². The maximum absolute atomic E-state index is 5.26. The van der Waals surface area contributed by atoms with Crippen molar-refractivity contribution in [1.29, 1.82) is 0 Å². The number of H-pyrrole nitrogens is 1. The van der Waals surface area contributed by atoms with Crippen LogP contribution in [0.25, 0.3) is 5.52 Å². The number of aromatic nitrogens is 2. The molecule has 2 aromatic heterocycles. The van der Waals surface area contributed by atoms with Crippen molar-refractivity contribution >= 4 is 17.7 Å². The molecule has 0 unspecified atom stereocenters. The normalized spacial score (nSPS) is 11.4. The molecule has 0 aliphatic heterocycles. The van der Waals surface area contributed by atoms with Gasteiger partial charge in [0.1, 0.15) is 0 Å². The largest absolute Gasteiger partial charge is 0.334 e. The van der Waals surface area contributed by atoms with Gasteiger partial charge in [-0.25, -0.2) is 0 Å². The molecule has 1 N–H and O–H groups in total. The van der Waals surface area contributed by atoms with Gasteiger partial charge < -0.3 is 4.98 Å². The average molecular weight is 220 g/mol. The molecule has 3 heteroatoms. The van der Waals surface area contributed by atoms with Crippen LogP contribution in [0, 0.1) is 10.7 Å². The number of aryl methyl sites for hydroxylation is 1. The first kappa shape index (κ1) is 10.4. The minimum Gasteiger partial charge on any atom is -0.334 e. The summed E-state index contributed by atoms with van der Waals surface area (Å²) in [5, 5.41) is 0. The molecule has 15 heavy (non-hydrogen) atoms. The smallest absolute Gasteiger partial charge is 0.182 e. The summed E-state index contributed by atoms with van der Waals surface area (Å²) in [4.78, 5) is 3.29. The first-order chi connectivity index (χ1) is 7.18. The lowest BCUT2D eigenvalue weighted by Crippen LogP contribution is -1.93. The fourth-order valence-corrected chi connectivity index (χ4v) is 2.03. The predicted octanol–water partition coefficient (Wildman–Crippen LogP) is 3.59. The highest BCUT2D eigenvalue weighted by Crippen LogP contribution is 2.14. The van der Waals surface area contributed by atoms with Gasteiger partial charge in [0.05, 0.1) is 5.52 Å². The van der Waals surface area contributed by atoms with E-state index in [1.807, 2.05) is 16.7 Å². The number of nitrogens with one attached hydrogen (secondary N) is 1. The summed E-state index contributed by atoms with van der Waals surface area (Å²) in [7, 11) is 0. The number of hydrogen-bond acceptors (Lipinski definition) is 1. The summed E-state index contributed by atoms with van der Waals surface area (Å²) in [6.45, 7) is 4.49. The minimum absolute atomic E-state index is 0.727. The second kappa shape index (κ2) is 4.19. The van der Waals surface area contributed by atoms with Crippen LogP contribution in [0.3, 0.4) is 0 Å². The van der Waals surface area contributed by atoms with E-state index in [2.05, 4.69) is 31.0 Å². The number of imidazole rings is 1. The summed E-state index contributed by atoms with van der Waals surface area (Å²) in [5.74, 6) is 0.727. The summed E-state index contributed by atoms with van der Waals surface area (Å²) < 4.78 is 2.83. The van der Waals surface area contributed by atoms with Crippen LogP contribution in [-0.4, -0.2) is 9.38 Å². The lowest BCUT2D eigenvalue weighted by atomic mass is 10.1. The Bertz CT molecular complexity index is 508. The highest BCUT2D eigenvalue weighted by molar-refractivity contribution is 7.71. The third-order valence-electron chi connectivity index (χ3n) is 2.62. The predicted molar refractivity (Wildman–Crippen MR) is 65.7 cm³/mol. The first-order valence-electron chi connectivity index (χ1n) is 5.36. The fourth-order valence-electron chi connectivity index (χ4n) is 1.74. The molecule has 0 amide bonds. The highest BCUT2D eigenvalue weighted by atomic mass is 32.1. The fraction of sp³-hybridized carbons (Fsp3) is 0.417. The quantitative estimate of drug-likeness (QED) is 0.784. The molecule has 0 radical (unpaired) electrons. The second-order valence-electron chi connectivity index (χ2n) is 4.30. The number of pyridine rings is 1. The third-order valence-corrected chi connectivity index (χ3v) is 2.92. The Morgan fingerprint density at radius 2 is 2.20 bits per heavy atom. The molecule has 2 rings (SSSR count). The average Bonchev–Trinajstić information content (AvgIpc) is 2.54. The lowest BCUT2D eigenvalue weighted by molar-refractivity contribution is 0.583. The standard InChI is InChI=1S/C12H16N2S/c1-9(2)6-7-10-11-5-3-4-8-14(11)12(15)13-10/h3-5,8-9H,6-7H2,1-2H3,(H,13,15). The van der Waals surface area contributed by atoms with Crippen LogP contribution in [0.5, 0.6) is 0 Å². The molecule has 0 bridgehead atoms. The van der Waals surface area contributed by atoms with E-state index >= 15 is 0 Å². The van der Waals surface area contributed by atoms with Crippen LogP contribution < -0.4 is 0 Å². The van der Waals surface area contributed by atoms with Crippen LogP contribution in [-0.2, 0) is 6.42 Å². The Morgan fingerprint density at radius 3 is 2.93 bits per heavy atom. The van der Waals surface area contributed by atoms with Gasteiger partial charge in [0, 0.05) is 11.9 Å². The van der Waals surface area contributed by atoms with Crippen LogP contribution in [0.2, 0.25) is 0 Å². The molecule has 0 atom stereocenters. The Labute approximate surface area is 95.0 Å². The van der Waals surface area contributed by atoms with Gasteiger partial charge in [0.25, 0.3) is 0 Å². The Kier molecular flexibility index (Phi) is 2.91. The van der Waals surface area contributed by atoms with Crippen molar-refractivity contribution in [2.45, 2.75) is 26.7 Å². The summed E-state index contributed by atoms with van der Waals surface area (Å²) in [6, 6.07) is 6.17. The van der Waals surface area contributed by atoms with E-state index in [0.717, 1.165) is 17.1 Å². The minimum atomic E-state index is 0.727. The highest BCUT2D eigenvalue weighted by Gasteiger charge is 2.04. The maximum Gasteiger partial charge on any atom is 0.182 e. The van der Waals surface area contributed by atoms with E-state index in [1.165, 1.54) is 17.6 Å². The van der Waals surface area contributed by atoms with E-state index in [4.69, 9.17) is 12.2 Å². The van der Waals surface area contributed by atoms with Gasteiger partial charge in [0.15, 0.2) is 4.77 Å². The molecular formula is C12H16N2S. The van der Waals surface area contributed by atoms with Crippen molar-refractivity contribution < 1.29 is 0 Å². The monoisotopic (exact) mass is 220 g/mol. The Balaban J connectivity index is 2.39. The van der Waals surface area contributed by atoms with E-state index in [-0.39, 0.29) is 0 Å². The molecule has 0 saturated carbocycles. The van der Waals surface area contributed by atoms with Crippen molar-refractivity contribution in [3.63, 3.8) is 0 Å². The zero-order valence-electron chi connectivity index (χ0n) is 9.16. The zero-order valence-corrected chi connectivity index (χ0v) is 9.97. The molecule has 0 saturated heterocycles. The van der Waals surface area contributed by atoms with Crippen molar-refractivity contribution in [3.8, 4) is 0 Å². The lowest BCUT2D eigenvalue weighted by Gasteiger charge is -2.02. The van der Waals surface area contributed by atoms with E-state index in [0.29, 0.717) is 0 Å². The number of aromatic amines is 1. The summed E-state index contributed by atoms with van der Waals surface area (Å²) in [6.07, 6.45) is 4.27. The third kappa shape index (κ3) is 2.12. The number of fused-ring (bicyclic) bond motifs is 1. The van der Waals surface area contributed by atoms with Gasteiger partial charge in [-0.2, -0.15) is 0 Å². The van der Waals surface area contributed by atoms with Crippen molar-refractivity contribution in [2.75, 3.05) is 0 Å². The second-order valence-corrected chi connectivity index (χ2v) is 4.68. The van der Waals surface area contributed by atoms with E-state index < -0.39 is 0 Å². The Morgan fingerprint density at radius 1 is 1.40 bits per heavy atom. The van der Waals surface area contributed by atoms with E-state index in [9.17, 15) is 0 Å². The summed E-state index contributed by atoms with van der Waals surface area (Å²) >= 11 is 5.26. The number of hydrogen-bond donors (Lipinski definition) is 1. The molecule has 0 aliphatic rings. The van der Waals surface area contributed by atoms with Gasteiger partial charge in [-0.15, -0.1) is 0 Å². The van der Waals surface area contributed by atoms with Crippen LogP contribution in [0.4, 0.5) is 0 Å². The Hall–Kier alpha value is -1.09. The zero-order chi connectivity index (χ0) is 10.8. The summed E-state index contributed by atoms with van der Waals surface area (Å²) in [5.41, 5.74) is 2.47. The van der Waals surface area contributed by atoms with Crippen molar-refractivity contribution in [2.24, 2.45) is 5.92 Å². The van der Waals surface area contributed by atoms with Gasteiger partial charge in [-0.3, -0.25) is 4.40 Å². The molecular weight excluding hydrogens is 204 g/mol. The van der Waals surface area contributed by atoms with Gasteiger partial charge in [-0.1, -0.05) is 19.9 Å². The van der Waals surface area contributed by atoms with Crippen LogP contribution >= 0.6 is 12.2 Å². The molecule has 0 aliphatic carbocycles. The number of nitrogens with zero attached hydrogens (tertiary/aromatic N) is 1. The van der Waals surface area contributed by atoms with Gasteiger partial charge in [-0.05, 0) is 43.1 Å². The molecule has 0 aromatic carbocycles. The first-order valence-corrected chi connectivity index (χ1v) is 5.77. The topological polar surface area (TPSA) is 20.2 Å². The maximum atomic E-state index is 5.26. The molecule has 2 nitrogen and oxygen atoms in total. The van der Waals surface area contributed by atoms with Crippen molar-refractivity contribution in [1.82, 2.24) is 9.38 Å². The SMILES string of the molecule is CC(C)CCc1[nH]c(=S)n2ccccc12. The van der Waals surface area contributed by atoms with Gasteiger partial charge in [0.2, 0.25) is 0 Å². The van der Waals surface area contributed by atoms with Crippen LogP contribution in [0.1, 0.15) is 26.0 Å². The van der Waals surface area contributed by atoms with Crippen molar-refractivity contribution in [3.05, 3.63) is 34.9 Å². The molecule has 0 fully saturated rings. The van der Waals surface area contributed by atoms with Crippen LogP contribution in [0.15, 0.2) is 24.4 Å².